The predicted molar refractivity (Wildman–Crippen MR) is 56.6 cm³/mol. The van der Waals surface area contributed by atoms with E-state index in [1.807, 2.05) is 0 Å². The maximum Gasteiger partial charge on any atom is 0.328 e. The zero-order valence-electron chi connectivity index (χ0n) is 8.32. The van der Waals surface area contributed by atoms with E-state index in [0.29, 0.717) is 11.1 Å². The zero-order chi connectivity index (χ0) is 11.6. The highest BCUT2D eigenvalue weighted by Gasteiger charge is 2.29. The van der Waals surface area contributed by atoms with E-state index in [1.165, 1.54) is 6.92 Å². The van der Waals surface area contributed by atoms with Crippen LogP contribution in [0.2, 0.25) is 0 Å². The summed E-state index contributed by atoms with van der Waals surface area (Å²) in [7, 11) is 0. The second-order valence-corrected chi connectivity index (χ2v) is 3.50. The standard InChI is InChI=1S/C10H13N3O2/c1-10(13,9(14)15)7-4-2-6(3-5-7)8(11)12/h2-5H,13H2,1H3,(H3,11,12)(H,14,15)/t10-/m1/s1. The zero-order valence-corrected chi connectivity index (χ0v) is 8.32. The fourth-order valence-electron chi connectivity index (χ4n) is 1.12. The van der Waals surface area contributed by atoms with Gasteiger partial charge in [0.2, 0.25) is 0 Å². The number of carboxylic acids is 1. The van der Waals surface area contributed by atoms with Crippen molar-refractivity contribution in [3.8, 4) is 0 Å². The number of hydrogen-bond acceptors (Lipinski definition) is 3. The van der Waals surface area contributed by atoms with Crippen LogP contribution in [-0.2, 0) is 10.3 Å². The summed E-state index contributed by atoms with van der Waals surface area (Å²) in [6.07, 6.45) is 0. The predicted octanol–water partition coefficient (Wildman–Crippen LogP) is 0.229. The van der Waals surface area contributed by atoms with Crippen LogP contribution < -0.4 is 11.5 Å². The molecule has 0 radical (unpaired) electrons. The van der Waals surface area contributed by atoms with Crippen LogP contribution in [0, 0.1) is 5.41 Å². The SMILES string of the molecule is C[C@](N)(C(=O)O)c1ccc(C(=N)N)cc1. The Balaban J connectivity index is 3.09. The van der Waals surface area contributed by atoms with Gasteiger partial charge in [-0.2, -0.15) is 0 Å². The van der Waals surface area contributed by atoms with Gasteiger partial charge in [-0.05, 0) is 12.5 Å². The molecule has 0 saturated carbocycles. The molecule has 0 spiro atoms. The molecular weight excluding hydrogens is 194 g/mol. The Hall–Kier alpha value is -1.88. The van der Waals surface area contributed by atoms with Gasteiger partial charge >= 0.3 is 5.97 Å². The highest BCUT2D eigenvalue weighted by molar-refractivity contribution is 5.95. The van der Waals surface area contributed by atoms with Gasteiger partial charge in [-0.25, -0.2) is 4.79 Å². The second-order valence-electron chi connectivity index (χ2n) is 3.50. The molecule has 1 aromatic rings. The molecule has 0 aliphatic rings. The number of benzene rings is 1. The van der Waals surface area contributed by atoms with Gasteiger partial charge in [-0.15, -0.1) is 0 Å². The molecular formula is C10H13N3O2. The van der Waals surface area contributed by atoms with Crippen molar-refractivity contribution in [1.29, 1.82) is 5.41 Å². The minimum Gasteiger partial charge on any atom is -0.480 e. The van der Waals surface area contributed by atoms with Crippen LogP contribution >= 0.6 is 0 Å². The van der Waals surface area contributed by atoms with Gasteiger partial charge in [0.05, 0.1) is 0 Å². The molecule has 5 nitrogen and oxygen atoms in total. The van der Waals surface area contributed by atoms with Gasteiger partial charge in [0.25, 0.3) is 0 Å². The van der Waals surface area contributed by atoms with Crippen molar-refractivity contribution in [3.63, 3.8) is 0 Å². The van der Waals surface area contributed by atoms with E-state index in [4.69, 9.17) is 22.0 Å². The maximum atomic E-state index is 10.8. The molecule has 0 bridgehead atoms. The van der Waals surface area contributed by atoms with Crippen molar-refractivity contribution in [2.75, 3.05) is 0 Å². The Morgan fingerprint density at radius 2 is 1.87 bits per heavy atom. The molecule has 15 heavy (non-hydrogen) atoms. The van der Waals surface area contributed by atoms with E-state index in [2.05, 4.69) is 0 Å². The number of amidine groups is 1. The lowest BCUT2D eigenvalue weighted by molar-refractivity contribution is -0.143. The van der Waals surface area contributed by atoms with Crippen LogP contribution in [0.3, 0.4) is 0 Å². The molecule has 1 rings (SSSR count). The highest BCUT2D eigenvalue weighted by Crippen LogP contribution is 2.18. The lowest BCUT2D eigenvalue weighted by atomic mass is 9.92. The van der Waals surface area contributed by atoms with Gasteiger partial charge < -0.3 is 16.6 Å². The van der Waals surface area contributed by atoms with Crippen molar-refractivity contribution in [3.05, 3.63) is 35.4 Å². The van der Waals surface area contributed by atoms with Crippen LogP contribution in [-0.4, -0.2) is 16.9 Å². The Morgan fingerprint density at radius 3 is 2.20 bits per heavy atom. The second kappa shape index (κ2) is 3.70. The number of rotatable bonds is 3. The molecule has 1 aromatic carbocycles. The summed E-state index contributed by atoms with van der Waals surface area (Å²) < 4.78 is 0. The van der Waals surface area contributed by atoms with Gasteiger partial charge in [0.15, 0.2) is 0 Å². The average Bonchev–Trinajstić information content (AvgIpc) is 2.17. The molecule has 80 valence electrons. The van der Waals surface area contributed by atoms with Crippen molar-refractivity contribution < 1.29 is 9.90 Å². The number of carbonyl (C=O) groups is 1. The van der Waals surface area contributed by atoms with Crippen molar-refractivity contribution in [2.45, 2.75) is 12.5 Å². The van der Waals surface area contributed by atoms with E-state index in [-0.39, 0.29) is 5.84 Å². The molecule has 1 atom stereocenters. The largest absolute Gasteiger partial charge is 0.480 e. The molecule has 6 N–H and O–H groups in total. The van der Waals surface area contributed by atoms with Gasteiger partial charge in [0, 0.05) is 5.56 Å². The summed E-state index contributed by atoms with van der Waals surface area (Å²) in [6, 6.07) is 6.27. The topological polar surface area (TPSA) is 113 Å². The molecule has 0 unspecified atom stereocenters. The number of nitrogen functional groups attached to an aromatic ring is 1. The lowest BCUT2D eigenvalue weighted by Crippen LogP contribution is -2.41. The quantitative estimate of drug-likeness (QED) is 0.419. The molecule has 0 fully saturated rings. The first-order valence-corrected chi connectivity index (χ1v) is 4.33. The lowest BCUT2D eigenvalue weighted by Gasteiger charge is -2.19. The third kappa shape index (κ3) is 2.13. The summed E-state index contributed by atoms with van der Waals surface area (Å²) in [5, 5.41) is 16.1. The third-order valence-corrected chi connectivity index (χ3v) is 2.24. The van der Waals surface area contributed by atoms with E-state index in [1.54, 1.807) is 24.3 Å². The smallest absolute Gasteiger partial charge is 0.328 e. The van der Waals surface area contributed by atoms with E-state index >= 15 is 0 Å². The van der Waals surface area contributed by atoms with Crippen LogP contribution in [0.1, 0.15) is 18.1 Å². The number of nitrogens with two attached hydrogens (primary N) is 2. The Kier molecular flexibility index (Phi) is 2.76. The molecule has 5 heteroatoms. The van der Waals surface area contributed by atoms with Crippen LogP contribution in [0.15, 0.2) is 24.3 Å². The molecule has 0 aromatic heterocycles. The number of hydrogen-bond donors (Lipinski definition) is 4. The Bertz CT molecular complexity index is 396. The highest BCUT2D eigenvalue weighted by atomic mass is 16.4. The van der Waals surface area contributed by atoms with E-state index < -0.39 is 11.5 Å². The first-order valence-electron chi connectivity index (χ1n) is 4.33. The van der Waals surface area contributed by atoms with Crippen LogP contribution in [0.5, 0.6) is 0 Å². The van der Waals surface area contributed by atoms with Gasteiger partial charge in [-0.3, -0.25) is 5.41 Å². The van der Waals surface area contributed by atoms with Crippen molar-refractivity contribution in [2.24, 2.45) is 11.5 Å². The van der Waals surface area contributed by atoms with Crippen LogP contribution in [0.25, 0.3) is 0 Å². The molecule has 0 heterocycles. The minimum absolute atomic E-state index is 0.0596. The summed E-state index contributed by atoms with van der Waals surface area (Å²) in [6.45, 7) is 1.41. The minimum atomic E-state index is -1.42. The van der Waals surface area contributed by atoms with Crippen LogP contribution in [0.4, 0.5) is 0 Å². The van der Waals surface area contributed by atoms with E-state index in [9.17, 15) is 4.79 Å². The normalized spacial score (nSPS) is 14.3. The fraction of sp³-hybridized carbons (Fsp3) is 0.200. The molecule has 0 amide bonds. The first kappa shape index (κ1) is 11.2. The first-order chi connectivity index (χ1) is 6.85. The average molecular weight is 207 g/mol. The summed E-state index contributed by atoms with van der Waals surface area (Å²) in [5.74, 6) is -1.16. The Morgan fingerprint density at radius 1 is 1.40 bits per heavy atom. The fourth-order valence-corrected chi connectivity index (χ4v) is 1.12. The molecule has 0 saturated heterocycles. The Labute approximate surface area is 87.2 Å². The monoisotopic (exact) mass is 207 g/mol. The van der Waals surface area contributed by atoms with Gasteiger partial charge in [-0.1, -0.05) is 24.3 Å². The molecule has 0 aliphatic heterocycles. The molecule has 0 aliphatic carbocycles. The summed E-state index contributed by atoms with van der Waals surface area (Å²) in [5.41, 5.74) is 10.5. The maximum absolute atomic E-state index is 10.8. The van der Waals surface area contributed by atoms with Crippen molar-refractivity contribution >= 4 is 11.8 Å². The summed E-state index contributed by atoms with van der Waals surface area (Å²) in [4.78, 5) is 10.8. The van der Waals surface area contributed by atoms with E-state index in [0.717, 1.165) is 0 Å². The number of nitrogens with one attached hydrogen (secondary N) is 1. The summed E-state index contributed by atoms with van der Waals surface area (Å²) >= 11 is 0. The number of aliphatic carboxylic acids is 1. The third-order valence-electron chi connectivity index (χ3n) is 2.24. The van der Waals surface area contributed by atoms with Gasteiger partial charge in [0.1, 0.15) is 11.4 Å². The van der Waals surface area contributed by atoms with Crippen molar-refractivity contribution in [1.82, 2.24) is 0 Å². The number of carboxylic acid groups (broad SMARTS) is 1.